The molecule has 0 radical (unpaired) electrons. The minimum absolute atomic E-state index is 0.0954. The summed E-state index contributed by atoms with van der Waals surface area (Å²) in [6, 6.07) is 14.1. The van der Waals surface area contributed by atoms with Crippen LogP contribution in [0.25, 0.3) is 5.69 Å². The van der Waals surface area contributed by atoms with Gasteiger partial charge in [-0.2, -0.15) is 0 Å². The number of aromatic hydroxyl groups is 1. The molecular formula is C21H21N3O3. The molecule has 0 atom stereocenters. The molecule has 0 unspecified atom stereocenters. The molecule has 0 amide bonds. The number of hydrogen-bond acceptors (Lipinski definition) is 4. The molecule has 0 aliphatic carbocycles. The summed E-state index contributed by atoms with van der Waals surface area (Å²) in [6.45, 7) is 6.16. The van der Waals surface area contributed by atoms with E-state index in [0.717, 1.165) is 29.1 Å². The molecule has 27 heavy (non-hydrogen) atoms. The van der Waals surface area contributed by atoms with Gasteiger partial charge in [-0.05, 0) is 44.0 Å². The second-order valence-electron chi connectivity index (χ2n) is 6.33. The maximum atomic E-state index is 10.9. The summed E-state index contributed by atoms with van der Waals surface area (Å²) in [4.78, 5) is 14.7. The smallest absolute Gasteiger partial charge is 0.271 e. The van der Waals surface area contributed by atoms with Crippen molar-refractivity contribution < 1.29 is 10.0 Å². The van der Waals surface area contributed by atoms with Crippen LogP contribution < -0.4 is 0 Å². The lowest BCUT2D eigenvalue weighted by molar-refractivity contribution is -0.384. The maximum absolute atomic E-state index is 10.9. The lowest BCUT2D eigenvalue weighted by atomic mass is 10.1. The van der Waals surface area contributed by atoms with Crippen LogP contribution in [0.5, 0.6) is 5.75 Å². The molecule has 0 saturated carbocycles. The number of nitrogens with zero attached hydrogens (tertiary/aromatic N) is 3. The number of phenolic OH excluding ortho intramolecular Hbond substituents is 1. The zero-order chi connectivity index (χ0) is 19.6. The van der Waals surface area contributed by atoms with Gasteiger partial charge in [0.1, 0.15) is 11.4 Å². The molecule has 1 aromatic heterocycles. The van der Waals surface area contributed by atoms with E-state index < -0.39 is 4.92 Å². The minimum atomic E-state index is -0.508. The molecule has 138 valence electrons. The van der Waals surface area contributed by atoms with Crippen LogP contribution in [0.15, 0.2) is 53.5 Å². The molecule has 0 bridgehead atoms. The van der Waals surface area contributed by atoms with Gasteiger partial charge in [0.25, 0.3) is 5.69 Å². The highest BCUT2D eigenvalue weighted by atomic mass is 16.6. The summed E-state index contributed by atoms with van der Waals surface area (Å²) < 4.78 is 2.17. The largest absolute Gasteiger partial charge is 0.506 e. The number of aryl methyl sites for hydroxylation is 2. The molecule has 0 aliphatic rings. The highest BCUT2D eigenvalue weighted by molar-refractivity contribution is 5.85. The Kier molecular flexibility index (Phi) is 5.07. The quantitative estimate of drug-likeness (QED) is 0.392. The molecule has 2 aromatic carbocycles. The lowest BCUT2D eigenvalue weighted by Gasteiger charge is -2.13. The molecule has 3 aromatic rings. The third-order valence-electron chi connectivity index (χ3n) is 4.60. The lowest BCUT2D eigenvalue weighted by Crippen LogP contribution is -2.03. The van der Waals surface area contributed by atoms with Gasteiger partial charge in [0.15, 0.2) is 0 Å². The van der Waals surface area contributed by atoms with E-state index in [4.69, 9.17) is 0 Å². The van der Waals surface area contributed by atoms with Crippen LogP contribution in [-0.2, 0) is 6.42 Å². The van der Waals surface area contributed by atoms with Gasteiger partial charge >= 0.3 is 0 Å². The van der Waals surface area contributed by atoms with Crippen LogP contribution in [-0.4, -0.2) is 20.8 Å². The molecule has 0 aliphatic heterocycles. The van der Waals surface area contributed by atoms with Crippen LogP contribution in [0.4, 0.5) is 11.4 Å². The first-order chi connectivity index (χ1) is 12.9. The van der Waals surface area contributed by atoms with E-state index in [0.29, 0.717) is 0 Å². The van der Waals surface area contributed by atoms with Crippen LogP contribution in [0, 0.1) is 24.0 Å². The molecule has 6 heteroatoms. The molecule has 0 spiro atoms. The van der Waals surface area contributed by atoms with Crippen molar-refractivity contribution in [2.75, 3.05) is 0 Å². The molecule has 0 saturated heterocycles. The Morgan fingerprint density at radius 1 is 1.19 bits per heavy atom. The van der Waals surface area contributed by atoms with Gasteiger partial charge in [-0.25, -0.2) is 0 Å². The first kappa shape index (κ1) is 18.4. The minimum Gasteiger partial charge on any atom is -0.506 e. The number of benzene rings is 2. The number of phenols is 1. The zero-order valence-electron chi connectivity index (χ0n) is 15.5. The van der Waals surface area contributed by atoms with E-state index in [9.17, 15) is 15.2 Å². The number of nitro groups is 1. The Morgan fingerprint density at radius 2 is 1.93 bits per heavy atom. The summed E-state index contributed by atoms with van der Waals surface area (Å²) in [7, 11) is 0. The van der Waals surface area contributed by atoms with E-state index in [1.165, 1.54) is 23.8 Å². The number of rotatable bonds is 5. The molecule has 1 N–H and O–H groups in total. The predicted octanol–water partition coefficient (Wildman–Crippen LogP) is 5.02. The van der Waals surface area contributed by atoms with Gasteiger partial charge in [0.2, 0.25) is 0 Å². The number of nitro benzene ring substituents is 1. The maximum Gasteiger partial charge on any atom is 0.271 e. The average molecular weight is 363 g/mol. The summed E-state index contributed by atoms with van der Waals surface area (Å²) in [5.74, 6) is -0.0954. The van der Waals surface area contributed by atoms with Crippen LogP contribution >= 0.6 is 0 Å². The third-order valence-corrected chi connectivity index (χ3v) is 4.60. The van der Waals surface area contributed by atoms with E-state index in [2.05, 4.69) is 28.6 Å². The fourth-order valence-corrected chi connectivity index (χ4v) is 3.18. The number of aliphatic imine (C=N–C) groups is 1. The van der Waals surface area contributed by atoms with E-state index in [1.807, 2.05) is 32.0 Å². The number of non-ortho nitro benzene ring substituents is 1. The number of hydrogen-bond donors (Lipinski definition) is 1. The SMILES string of the molecule is CCc1ccccc1-n1c(C)cc(C=Nc2cc([N+](=O)[O-])ccc2O)c1C. The van der Waals surface area contributed by atoms with Crippen molar-refractivity contribution in [3.05, 3.63) is 81.2 Å². The zero-order valence-corrected chi connectivity index (χ0v) is 15.5. The van der Waals surface area contributed by atoms with Gasteiger partial charge in [-0.3, -0.25) is 15.1 Å². The summed E-state index contributed by atoms with van der Waals surface area (Å²) >= 11 is 0. The molecule has 6 nitrogen and oxygen atoms in total. The van der Waals surface area contributed by atoms with E-state index >= 15 is 0 Å². The summed E-state index contributed by atoms with van der Waals surface area (Å²) in [5, 5.41) is 20.9. The number of para-hydroxylation sites is 1. The Balaban J connectivity index is 2.02. The van der Waals surface area contributed by atoms with Crippen molar-refractivity contribution in [3.8, 4) is 11.4 Å². The second-order valence-corrected chi connectivity index (χ2v) is 6.33. The second kappa shape index (κ2) is 7.45. The topological polar surface area (TPSA) is 80.7 Å². The van der Waals surface area contributed by atoms with Crippen LogP contribution in [0.1, 0.15) is 29.4 Å². The van der Waals surface area contributed by atoms with E-state index in [1.54, 1.807) is 6.21 Å². The standard InChI is InChI=1S/C21H21N3O3/c1-4-16-7-5-6-8-20(16)23-14(2)11-17(15(23)3)13-22-19-12-18(24(26)27)9-10-21(19)25/h5-13,25H,4H2,1-3H3. The Bertz CT molecular complexity index is 1040. The average Bonchev–Trinajstić information content (AvgIpc) is 2.94. The van der Waals surface area contributed by atoms with Gasteiger partial charge in [-0.15, -0.1) is 0 Å². The van der Waals surface area contributed by atoms with Crippen molar-refractivity contribution in [2.24, 2.45) is 4.99 Å². The van der Waals surface area contributed by atoms with Gasteiger partial charge in [0.05, 0.1) is 4.92 Å². The Labute approximate surface area is 157 Å². The molecule has 3 rings (SSSR count). The number of aromatic nitrogens is 1. The van der Waals surface area contributed by atoms with Gasteiger partial charge < -0.3 is 9.67 Å². The highest BCUT2D eigenvalue weighted by Gasteiger charge is 2.13. The van der Waals surface area contributed by atoms with Crippen LogP contribution in [0.2, 0.25) is 0 Å². The fourth-order valence-electron chi connectivity index (χ4n) is 3.18. The summed E-state index contributed by atoms with van der Waals surface area (Å²) in [6.07, 6.45) is 2.56. The third kappa shape index (κ3) is 3.60. The van der Waals surface area contributed by atoms with Crippen molar-refractivity contribution in [1.82, 2.24) is 4.57 Å². The first-order valence-corrected chi connectivity index (χ1v) is 8.71. The monoisotopic (exact) mass is 363 g/mol. The van der Waals surface area contributed by atoms with Crippen molar-refractivity contribution in [1.29, 1.82) is 0 Å². The highest BCUT2D eigenvalue weighted by Crippen LogP contribution is 2.31. The summed E-state index contributed by atoms with van der Waals surface area (Å²) in [5.41, 5.74) is 5.42. The van der Waals surface area contributed by atoms with Crippen molar-refractivity contribution >= 4 is 17.6 Å². The van der Waals surface area contributed by atoms with Gasteiger partial charge in [-0.1, -0.05) is 25.1 Å². The fraction of sp³-hybridized carbons (Fsp3) is 0.190. The van der Waals surface area contributed by atoms with Gasteiger partial charge in [0, 0.05) is 41.0 Å². The van der Waals surface area contributed by atoms with Crippen molar-refractivity contribution in [3.63, 3.8) is 0 Å². The van der Waals surface area contributed by atoms with Crippen LogP contribution in [0.3, 0.4) is 0 Å². The molecule has 1 heterocycles. The predicted molar refractivity (Wildman–Crippen MR) is 107 cm³/mol. The van der Waals surface area contributed by atoms with Crippen molar-refractivity contribution in [2.45, 2.75) is 27.2 Å². The van der Waals surface area contributed by atoms with E-state index in [-0.39, 0.29) is 17.1 Å². The Morgan fingerprint density at radius 3 is 2.63 bits per heavy atom. The first-order valence-electron chi connectivity index (χ1n) is 8.71. The molecule has 0 fully saturated rings. The Hall–Kier alpha value is -3.41. The normalized spacial score (nSPS) is 11.2. The molecular weight excluding hydrogens is 342 g/mol.